The van der Waals surface area contributed by atoms with Crippen LogP contribution in [0.25, 0.3) is 11.3 Å². The molecule has 0 saturated carbocycles. The molecule has 0 atom stereocenters. The third kappa shape index (κ3) is 2.38. The molecule has 1 aromatic carbocycles. The summed E-state index contributed by atoms with van der Waals surface area (Å²) in [5, 5.41) is 18.5. The summed E-state index contributed by atoms with van der Waals surface area (Å²) < 4.78 is 66.9. The van der Waals surface area contributed by atoms with Crippen molar-refractivity contribution >= 4 is 12.6 Å². The van der Waals surface area contributed by atoms with Gasteiger partial charge in [0.2, 0.25) is 5.82 Å². The SMILES string of the molecule is Cc1ccnc(-c2c(F)c(F)c(F)c(F)c2F)c1B(O)O. The molecule has 1 aromatic heterocycles. The Morgan fingerprint density at radius 3 is 1.86 bits per heavy atom. The Bertz CT molecular complexity index is 694. The summed E-state index contributed by atoms with van der Waals surface area (Å²) in [6.45, 7) is 1.37. The highest BCUT2D eigenvalue weighted by molar-refractivity contribution is 6.61. The fourth-order valence-corrected chi connectivity index (χ4v) is 1.91. The Balaban J connectivity index is 2.90. The average Bonchev–Trinajstić information content (AvgIpc) is 2.43. The summed E-state index contributed by atoms with van der Waals surface area (Å²) in [5.41, 5.74) is -2.31. The largest absolute Gasteiger partial charge is 0.490 e. The van der Waals surface area contributed by atoms with E-state index < -0.39 is 52.9 Å². The smallest absolute Gasteiger partial charge is 0.423 e. The second kappa shape index (κ2) is 5.42. The van der Waals surface area contributed by atoms with Crippen LogP contribution in [0, 0.1) is 36.0 Å². The van der Waals surface area contributed by atoms with Crippen LogP contribution in [-0.2, 0) is 0 Å². The third-order valence-corrected chi connectivity index (χ3v) is 2.91. The first-order valence-corrected chi connectivity index (χ1v) is 5.60. The van der Waals surface area contributed by atoms with Gasteiger partial charge in [0.05, 0.1) is 11.3 Å². The molecular formula is C12H7BF5NO2. The van der Waals surface area contributed by atoms with E-state index >= 15 is 0 Å². The lowest BCUT2D eigenvalue weighted by atomic mass is 9.74. The minimum absolute atomic E-state index is 0.166. The zero-order valence-electron chi connectivity index (χ0n) is 10.5. The molecule has 2 N–H and O–H groups in total. The molecule has 0 unspecified atom stereocenters. The van der Waals surface area contributed by atoms with Gasteiger partial charge in [-0.05, 0) is 18.6 Å². The van der Waals surface area contributed by atoms with Gasteiger partial charge in [-0.25, -0.2) is 22.0 Å². The number of aromatic nitrogens is 1. The Kier molecular flexibility index (Phi) is 3.97. The molecule has 0 spiro atoms. The van der Waals surface area contributed by atoms with Crippen LogP contribution < -0.4 is 5.46 Å². The van der Waals surface area contributed by atoms with Crippen LogP contribution in [0.15, 0.2) is 12.3 Å². The number of hydrogen-bond donors (Lipinski definition) is 2. The molecule has 0 bridgehead atoms. The second-order valence-corrected chi connectivity index (χ2v) is 4.21. The van der Waals surface area contributed by atoms with Crippen molar-refractivity contribution in [2.24, 2.45) is 0 Å². The van der Waals surface area contributed by atoms with Gasteiger partial charge in [0, 0.05) is 11.7 Å². The van der Waals surface area contributed by atoms with Crippen molar-refractivity contribution in [2.45, 2.75) is 6.92 Å². The van der Waals surface area contributed by atoms with Gasteiger partial charge in [-0.3, -0.25) is 4.98 Å². The van der Waals surface area contributed by atoms with Crippen molar-refractivity contribution in [1.29, 1.82) is 0 Å². The van der Waals surface area contributed by atoms with Gasteiger partial charge < -0.3 is 10.0 Å². The van der Waals surface area contributed by atoms with Crippen LogP contribution in [0.1, 0.15) is 5.56 Å². The van der Waals surface area contributed by atoms with Crippen molar-refractivity contribution in [3.63, 3.8) is 0 Å². The Labute approximate surface area is 115 Å². The quantitative estimate of drug-likeness (QED) is 0.382. The number of halogens is 5. The van der Waals surface area contributed by atoms with Gasteiger partial charge in [-0.15, -0.1) is 0 Å². The Morgan fingerprint density at radius 1 is 0.905 bits per heavy atom. The van der Waals surface area contributed by atoms with E-state index in [2.05, 4.69) is 4.98 Å². The molecule has 0 radical (unpaired) electrons. The Morgan fingerprint density at radius 2 is 1.38 bits per heavy atom. The van der Waals surface area contributed by atoms with Gasteiger partial charge in [-0.1, -0.05) is 0 Å². The molecule has 0 aliphatic carbocycles. The van der Waals surface area contributed by atoms with E-state index in [9.17, 15) is 32.0 Å². The van der Waals surface area contributed by atoms with E-state index in [1.54, 1.807) is 0 Å². The van der Waals surface area contributed by atoms with Gasteiger partial charge >= 0.3 is 7.12 Å². The highest BCUT2D eigenvalue weighted by atomic mass is 19.2. The lowest BCUT2D eigenvalue weighted by Gasteiger charge is -2.13. The summed E-state index contributed by atoms with van der Waals surface area (Å²) in [6, 6.07) is 1.30. The number of rotatable bonds is 2. The molecule has 2 aromatic rings. The van der Waals surface area contributed by atoms with Crippen LogP contribution in [0.2, 0.25) is 0 Å². The molecule has 1 heterocycles. The van der Waals surface area contributed by atoms with Crippen molar-refractivity contribution in [3.05, 3.63) is 46.9 Å². The number of nitrogens with zero attached hydrogens (tertiary/aromatic N) is 1. The standard InChI is InChI=1S/C12H7BF5NO2/c1-4-2-3-19-12(6(4)13(20)21)5-7(14)9(16)11(18)10(17)8(5)15/h2-3,20-21H,1H3. The zero-order valence-corrected chi connectivity index (χ0v) is 10.5. The normalized spacial score (nSPS) is 10.9. The first kappa shape index (κ1) is 15.4. The van der Waals surface area contributed by atoms with Crippen molar-refractivity contribution in [3.8, 4) is 11.3 Å². The number of pyridine rings is 1. The molecule has 0 aliphatic heterocycles. The van der Waals surface area contributed by atoms with Crippen molar-refractivity contribution in [2.75, 3.05) is 0 Å². The molecule has 0 aliphatic rings. The van der Waals surface area contributed by atoms with Crippen LogP contribution in [-0.4, -0.2) is 22.2 Å². The maximum absolute atomic E-state index is 13.7. The minimum atomic E-state index is -2.30. The van der Waals surface area contributed by atoms with E-state index in [0.29, 0.717) is 0 Å². The highest BCUT2D eigenvalue weighted by Crippen LogP contribution is 2.29. The van der Waals surface area contributed by atoms with Crippen LogP contribution >= 0.6 is 0 Å². The number of aryl methyl sites for hydroxylation is 1. The van der Waals surface area contributed by atoms with Crippen LogP contribution in [0.3, 0.4) is 0 Å². The summed E-state index contributed by atoms with van der Waals surface area (Å²) in [7, 11) is -2.19. The zero-order chi connectivity index (χ0) is 15.9. The topological polar surface area (TPSA) is 53.4 Å². The van der Waals surface area contributed by atoms with Crippen LogP contribution in [0.5, 0.6) is 0 Å². The first-order chi connectivity index (χ1) is 9.77. The fraction of sp³-hybridized carbons (Fsp3) is 0.0833. The Hall–Kier alpha value is -2.00. The van der Waals surface area contributed by atoms with E-state index in [1.165, 1.54) is 13.0 Å². The third-order valence-electron chi connectivity index (χ3n) is 2.91. The monoisotopic (exact) mass is 303 g/mol. The van der Waals surface area contributed by atoms with Crippen molar-refractivity contribution < 1.29 is 32.0 Å². The predicted octanol–water partition coefficient (Wildman–Crippen LogP) is 1.43. The maximum atomic E-state index is 13.7. The molecule has 0 fully saturated rings. The van der Waals surface area contributed by atoms with Gasteiger partial charge in [0.15, 0.2) is 23.3 Å². The molecule has 2 rings (SSSR count). The molecule has 0 amide bonds. The van der Waals surface area contributed by atoms with E-state index in [4.69, 9.17) is 0 Å². The van der Waals surface area contributed by atoms with Gasteiger partial charge in [0.25, 0.3) is 0 Å². The highest BCUT2D eigenvalue weighted by Gasteiger charge is 2.31. The number of benzene rings is 1. The molecule has 21 heavy (non-hydrogen) atoms. The summed E-state index contributed by atoms with van der Waals surface area (Å²) in [6.07, 6.45) is 1.05. The van der Waals surface area contributed by atoms with Crippen molar-refractivity contribution in [1.82, 2.24) is 4.98 Å². The minimum Gasteiger partial charge on any atom is -0.423 e. The lowest BCUT2D eigenvalue weighted by molar-refractivity contribution is 0.381. The summed E-state index contributed by atoms with van der Waals surface area (Å²) in [4.78, 5) is 3.51. The van der Waals surface area contributed by atoms with Gasteiger partial charge in [-0.2, -0.15) is 0 Å². The molecular weight excluding hydrogens is 296 g/mol. The lowest BCUT2D eigenvalue weighted by Crippen LogP contribution is -2.35. The van der Waals surface area contributed by atoms with Crippen LogP contribution in [0.4, 0.5) is 22.0 Å². The molecule has 0 saturated heterocycles. The van der Waals surface area contributed by atoms with E-state index in [0.717, 1.165) is 6.20 Å². The maximum Gasteiger partial charge on any atom is 0.490 e. The summed E-state index contributed by atoms with van der Waals surface area (Å²) >= 11 is 0. The second-order valence-electron chi connectivity index (χ2n) is 4.21. The molecule has 9 heteroatoms. The van der Waals surface area contributed by atoms with Gasteiger partial charge in [0.1, 0.15) is 0 Å². The number of hydrogen-bond acceptors (Lipinski definition) is 3. The molecule has 3 nitrogen and oxygen atoms in total. The average molecular weight is 303 g/mol. The van der Waals surface area contributed by atoms with E-state index in [1.807, 2.05) is 0 Å². The van der Waals surface area contributed by atoms with E-state index in [-0.39, 0.29) is 5.56 Å². The molecule has 110 valence electrons. The first-order valence-electron chi connectivity index (χ1n) is 5.60. The predicted molar refractivity (Wildman–Crippen MR) is 64.0 cm³/mol. The summed E-state index contributed by atoms with van der Waals surface area (Å²) in [5.74, 6) is -10.7. The fourth-order valence-electron chi connectivity index (χ4n) is 1.91.